The molecule has 1 heterocycles. The minimum absolute atomic E-state index is 0.132. The molecule has 1 N–H and O–H groups in total. The van der Waals surface area contributed by atoms with Crippen LogP contribution < -0.4 is 5.32 Å². The lowest BCUT2D eigenvalue weighted by Crippen LogP contribution is -2.32. The highest BCUT2D eigenvalue weighted by molar-refractivity contribution is 6.36. The van der Waals surface area contributed by atoms with Crippen molar-refractivity contribution in [1.29, 1.82) is 0 Å². The van der Waals surface area contributed by atoms with E-state index in [0.29, 0.717) is 41.2 Å². The summed E-state index contributed by atoms with van der Waals surface area (Å²) in [6.45, 7) is 0.574. The predicted molar refractivity (Wildman–Crippen MR) is 82.0 cm³/mol. The zero-order valence-corrected chi connectivity index (χ0v) is 13.4. The molecule has 114 valence electrons. The Balaban J connectivity index is 2.06. The first-order chi connectivity index (χ1) is 10.1. The van der Waals surface area contributed by atoms with Crippen LogP contribution in [0.1, 0.15) is 17.3 Å². The van der Waals surface area contributed by atoms with E-state index in [-0.39, 0.29) is 6.04 Å². The van der Waals surface area contributed by atoms with Gasteiger partial charge in [-0.2, -0.15) is 4.98 Å². The van der Waals surface area contributed by atoms with E-state index in [2.05, 4.69) is 15.5 Å². The zero-order valence-electron chi connectivity index (χ0n) is 11.9. The van der Waals surface area contributed by atoms with Crippen molar-refractivity contribution in [1.82, 2.24) is 15.5 Å². The first-order valence-corrected chi connectivity index (χ1v) is 7.30. The highest BCUT2D eigenvalue weighted by atomic mass is 35.5. The number of halogens is 2. The number of aromatic nitrogens is 2. The molecular weight excluding hydrogens is 313 g/mol. The standard InChI is InChI=1S/C14H17Cl2N3O2/c1-17-9(8-20-2)6-14-18-13(19-21-14)7-10-11(15)4-3-5-12(10)16/h3-5,9,17H,6-8H2,1-2H3. The van der Waals surface area contributed by atoms with Gasteiger partial charge in [0.05, 0.1) is 6.61 Å². The van der Waals surface area contributed by atoms with Gasteiger partial charge < -0.3 is 14.6 Å². The number of nitrogens with zero attached hydrogens (tertiary/aromatic N) is 2. The van der Waals surface area contributed by atoms with E-state index in [4.69, 9.17) is 32.5 Å². The highest BCUT2D eigenvalue weighted by Crippen LogP contribution is 2.26. The number of likely N-dealkylation sites (N-methyl/N-ethyl adjacent to an activating group) is 1. The first kappa shape index (κ1) is 16.2. The van der Waals surface area contributed by atoms with E-state index in [1.165, 1.54) is 0 Å². The minimum Gasteiger partial charge on any atom is -0.383 e. The van der Waals surface area contributed by atoms with Crippen LogP contribution in [0.4, 0.5) is 0 Å². The van der Waals surface area contributed by atoms with Gasteiger partial charge >= 0.3 is 0 Å². The molecule has 1 aromatic carbocycles. The minimum atomic E-state index is 0.132. The Morgan fingerprint density at radius 2 is 2.05 bits per heavy atom. The summed E-state index contributed by atoms with van der Waals surface area (Å²) in [5.41, 5.74) is 0.801. The van der Waals surface area contributed by atoms with Crippen molar-refractivity contribution in [3.8, 4) is 0 Å². The van der Waals surface area contributed by atoms with Crippen molar-refractivity contribution >= 4 is 23.2 Å². The van der Waals surface area contributed by atoms with Gasteiger partial charge in [0.1, 0.15) is 0 Å². The van der Waals surface area contributed by atoms with Crippen LogP contribution in [-0.4, -0.2) is 36.9 Å². The molecule has 0 aliphatic rings. The zero-order chi connectivity index (χ0) is 15.2. The number of hydrogen-bond acceptors (Lipinski definition) is 5. The molecule has 7 heteroatoms. The summed E-state index contributed by atoms with van der Waals surface area (Å²) in [5, 5.41) is 8.30. The van der Waals surface area contributed by atoms with Crippen LogP contribution in [0.25, 0.3) is 0 Å². The van der Waals surface area contributed by atoms with E-state index in [9.17, 15) is 0 Å². The van der Waals surface area contributed by atoms with Gasteiger partial charge in [0, 0.05) is 36.0 Å². The predicted octanol–water partition coefficient (Wildman–Crippen LogP) is 2.74. The quantitative estimate of drug-likeness (QED) is 0.846. The van der Waals surface area contributed by atoms with Crippen LogP contribution in [0.3, 0.4) is 0 Å². The molecule has 0 spiro atoms. The number of ether oxygens (including phenoxy) is 1. The van der Waals surface area contributed by atoms with Gasteiger partial charge in [-0.15, -0.1) is 0 Å². The topological polar surface area (TPSA) is 60.2 Å². The van der Waals surface area contributed by atoms with Crippen LogP contribution in [0, 0.1) is 0 Å². The maximum Gasteiger partial charge on any atom is 0.228 e. The normalized spacial score (nSPS) is 12.6. The average molecular weight is 330 g/mol. The van der Waals surface area contributed by atoms with Gasteiger partial charge in [0.15, 0.2) is 5.82 Å². The molecule has 5 nitrogen and oxygen atoms in total. The van der Waals surface area contributed by atoms with Crippen molar-refractivity contribution in [3.63, 3.8) is 0 Å². The number of hydrogen-bond donors (Lipinski definition) is 1. The van der Waals surface area contributed by atoms with E-state index in [0.717, 1.165) is 5.56 Å². The van der Waals surface area contributed by atoms with Crippen LogP contribution in [0.5, 0.6) is 0 Å². The maximum atomic E-state index is 6.14. The maximum absolute atomic E-state index is 6.14. The van der Waals surface area contributed by atoms with Crippen molar-refractivity contribution in [2.45, 2.75) is 18.9 Å². The molecule has 0 aliphatic carbocycles. The molecule has 0 saturated heterocycles. The molecule has 0 saturated carbocycles. The van der Waals surface area contributed by atoms with Crippen molar-refractivity contribution in [2.24, 2.45) is 0 Å². The number of nitrogens with one attached hydrogen (secondary N) is 1. The third-order valence-corrected chi connectivity index (χ3v) is 3.81. The third kappa shape index (κ3) is 4.41. The monoisotopic (exact) mass is 329 g/mol. The van der Waals surface area contributed by atoms with Crippen LogP contribution in [-0.2, 0) is 17.6 Å². The van der Waals surface area contributed by atoms with Crippen molar-refractivity contribution < 1.29 is 9.26 Å². The fourth-order valence-electron chi connectivity index (χ4n) is 1.96. The Hall–Kier alpha value is -1.14. The molecule has 2 rings (SSSR count). The van der Waals surface area contributed by atoms with Gasteiger partial charge in [0.25, 0.3) is 0 Å². The molecule has 1 unspecified atom stereocenters. The Bertz CT molecular complexity index is 569. The Labute approximate surface area is 133 Å². The lowest BCUT2D eigenvalue weighted by molar-refractivity contribution is 0.165. The Kier molecular flexibility index (Phi) is 5.99. The molecule has 0 radical (unpaired) electrons. The summed E-state index contributed by atoms with van der Waals surface area (Å²) in [6, 6.07) is 5.52. The van der Waals surface area contributed by atoms with Gasteiger partial charge in [-0.1, -0.05) is 34.4 Å². The summed E-state index contributed by atoms with van der Waals surface area (Å²) in [6.07, 6.45) is 1.05. The molecule has 0 fully saturated rings. The van der Waals surface area contributed by atoms with E-state index < -0.39 is 0 Å². The lowest BCUT2D eigenvalue weighted by atomic mass is 10.1. The fourth-order valence-corrected chi connectivity index (χ4v) is 2.49. The number of rotatable bonds is 7. The molecule has 0 amide bonds. The summed E-state index contributed by atoms with van der Waals surface area (Å²) >= 11 is 12.3. The van der Waals surface area contributed by atoms with E-state index in [1.54, 1.807) is 25.3 Å². The second kappa shape index (κ2) is 7.75. The molecule has 0 bridgehead atoms. The molecule has 0 aliphatic heterocycles. The second-order valence-electron chi connectivity index (χ2n) is 4.63. The largest absolute Gasteiger partial charge is 0.383 e. The van der Waals surface area contributed by atoms with Gasteiger partial charge in [-0.25, -0.2) is 0 Å². The summed E-state index contributed by atoms with van der Waals surface area (Å²) in [7, 11) is 3.52. The number of benzene rings is 1. The molecule has 1 atom stereocenters. The van der Waals surface area contributed by atoms with Crippen LogP contribution in [0.15, 0.2) is 22.7 Å². The molecular formula is C14H17Cl2N3O2. The highest BCUT2D eigenvalue weighted by Gasteiger charge is 2.15. The molecule has 2 aromatic rings. The van der Waals surface area contributed by atoms with Crippen LogP contribution in [0.2, 0.25) is 10.0 Å². The fraction of sp³-hybridized carbons (Fsp3) is 0.429. The van der Waals surface area contributed by atoms with Gasteiger partial charge in [-0.3, -0.25) is 0 Å². The number of methoxy groups -OCH3 is 1. The summed E-state index contributed by atoms with van der Waals surface area (Å²) in [5.74, 6) is 1.12. The van der Waals surface area contributed by atoms with E-state index >= 15 is 0 Å². The van der Waals surface area contributed by atoms with E-state index in [1.807, 2.05) is 7.05 Å². The average Bonchev–Trinajstić information content (AvgIpc) is 2.90. The SMILES string of the molecule is CNC(COC)Cc1nc(Cc2c(Cl)cccc2Cl)no1. The Morgan fingerprint density at radius 1 is 1.33 bits per heavy atom. The lowest BCUT2D eigenvalue weighted by Gasteiger charge is -2.11. The van der Waals surface area contributed by atoms with Crippen molar-refractivity contribution in [3.05, 3.63) is 45.5 Å². The summed E-state index contributed by atoms with van der Waals surface area (Å²) in [4.78, 5) is 4.37. The Morgan fingerprint density at radius 3 is 2.67 bits per heavy atom. The first-order valence-electron chi connectivity index (χ1n) is 6.54. The van der Waals surface area contributed by atoms with Gasteiger partial charge in [0.2, 0.25) is 5.89 Å². The third-order valence-electron chi connectivity index (χ3n) is 3.10. The smallest absolute Gasteiger partial charge is 0.228 e. The summed E-state index contributed by atoms with van der Waals surface area (Å²) < 4.78 is 10.4. The molecule has 21 heavy (non-hydrogen) atoms. The van der Waals surface area contributed by atoms with Gasteiger partial charge in [-0.05, 0) is 24.7 Å². The van der Waals surface area contributed by atoms with Crippen LogP contribution >= 0.6 is 23.2 Å². The molecule has 1 aromatic heterocycles. The van der Waals surface area contributed by atoms with Crippen molar-refractivity contribution in [2.75, 3.05) is 20.8 Å². The second-order valence-corrected chi connectivity index (χ2v) is 5.44.